The molecule has 28 heavy (non-hydrogen) atoms. The quantitative estimate of drug-likeness (QED) is 0.467. The Hall–Kier alpha value is -1.61. The van der Waals surface area contributed by atoms with E-state index >= 15 is 0 Å². The van der Waals surface area contributed by atoms with Gasteiger partial charge in [0, 0.05) is 45.3 Å². The Kier molecular flexibility index (Phi) is 9.24. The number of hydrogen-bond acceptors (Lipinski definition) is 5. The third kappa shape index (κ3) is 6.77. The molecule has 1 aromatic rings. The molecular weight excluding hydrogens is 378 g/mol. The normalized spacial score (nSPS) is 17.7. The molecule has 1 saturated heterocycles. The summed E-state index contributed by atoms with van der Waals surface area (Å²) in [6, 6.07) is 1.59. The van der Waals surface area contributed by atoms with Crippen LogP contribution in [0.5, 0.6) is 0 Å². The molecule has 1 N–H and O–H groups in total. The van der Waals surface area contributed by atoms with E-state index in [0.717, 1.165) is 25.5 Å². The maximum Gasteiger partial charge on any atom is 0.220 e. The number of rotatable bonds is 10. The molecule has 1 aliphatic rings. The highest BCUT2D eigenvalue weighted by molar-refractivity contribution is 7.88. The van der Waals surface area contributed by atoms with Crippen LogP contribution in [0.3, 0.4) is 0 Å². The van der Waals surface area contributed by atoms with E-state index in [1.807, 2.05) is 0 Å². The molecule has 2 rings (SSSR count). The highest BCUT2D eigenvalue weighted by Gasteiger charge is 2.29. The molecule has 1 atom stereocenters. The van der Waals surface area contributed by atoms with Crippen LogP contribution in [0.1, 0.15) is 52.1 Å². The van der Waals surface area contributed by atoms with Crippen LogP contribution in [-0.2, 0) is 15.8 Å². The Labute approximate surface area is 169 Å². The van der Waals surface area contributed by atoms with Gasteiger partial charge < -0.3 is 14.7 Å². The van der Waals surface area contributed by atoms with Crippen LogP contribution in [0.15, 0.2) is 21.8 Å². The maximum atomic E-state index is 12.6. The molecule has 0 amide bonds. The Morgan fingerprint density at radius 1 is 1.29 bits per heavy atom. The second-order valence-corrected chi connectivity index (χ2v) is 9.21. The van der Waals surface area contributed by atoms with Crippen molar-refractivity contribution in [2.45, 2.75) is 52.2 Å². The van der Waals surface area contributed by atoms with Crippen molar-refractivity contribution >= 4 is 16.0 Å². The standard InChI is InChI=1S/C19H35N5O3S/c1-4-7-8-17(5-2)15-21-19(20-6-3)23-10-12-24(13-11-23)28(25,26)16-18-9-14-27-22-18/h9,14,17H,4-8,10-13,15-16H2,1-3H3,(H,20,21). The summed E-state index contributed by atoms with van der Waals surface area (Å²) in [4.78, 5) is 7.02. The van der Waals surface area contributed by atoms with Crippen LogP contribution in [0, 0.1) is 5.92 Å². The van der Waals surface area contributed by atoms with E-state index in [1.54, 1.807) is 6.07 Å². The second-order valence-electron chi connectivity index (χ2n) is 7.24. The molecule has 2 heterocycles. The zero-order valence-electron chi connectivity index (χ0n) is 17.4. The van der Waals surface area contributed by atoms with Gasteiger partial charge in [-0.2, -0.15) is 4.31 Å². The minimum atomic E-state index is -3.38. The van der Waals surface area contributed by atoms with Gasteiger partial charge >= 0.3 is 0 Å². The van der Waals surface area contributed by atoms with E-state index in [4.69, 9.17) is 9.52 Å². The summed E-state index contributed by atoms with van der Waals surface area (Å²) in [6.45, 7) is 10.3. The van der Waals surface area contributed by atoms with Crippen molar-refractivity contribution in [2.75, 3.05) is 39.3 Å². The van der Waals surface area contributed by atoms with E-state index in [9.17, 15) is 8.42 Å². The molecule has 0 saturated carbocycles. The fourth-order valence-corrected chi connectivity index (χ4v) is 4.75. The Morgan fingerprint density at radius 3 is 2.61 bits per heavy atom. The SMILES string of the molecule is CCCCC(CC)CN=C(NCC)N1CCN(S(=O)(=O)Cc2ccon2)CC1. The topological polar surface area (TPSA) is 91.0 Å². The van der Waals surface area contributed by atoms with Crippen molar-refractivity contribution in [2.24, 2.45) is 10.9 Å². The number of aliphatic imine (C=N–C) groups is 1. The van der Waals surface area contributed by atoms with Gasteiger partial charge in [0.05, 0.1) is 5.69 Å². The molecule has 0 radical (unpaired) electrons. The van der Waals surface area contributed by atoms with Crippen molar-refractivity contribution < 1.29 is 12.9 Å². The number of piperazine rings is 1. The molecule has 0 aromatic carbocycles. The number of aromatic nitrogens is 1. The van der Waals surface area contributed by atoms with Crippen molar-refractivity contribution in [3.63, 3.8) is 0 Å². The van der Waals surface area contributed by atoms with Crippen LogP contribution < -0.4 is 5.32 Å². The number of nitrogens with zero attached hydrogens (tertiary/aromatic N) is 4. The number of nitrogens with one attached hydrogen (secondary N) is 1. The highest BCUT2D eigenvalue weighted by atomic mass is 32.2. The average molecular weight is 414 g/mol. The summed E-state index contributed by atoms with van der Waals surface area (Å²) in [5.74, 6) is 1.39. The zero-order valence-corrected chi connectivity index (χ0v) is 18.2. The van der Waals surface area contributed by atoms with Crippen LogP contribution in [0.2, 0.25) is 0 Å². The number of hydrogen-bond donors (Lipinski definition) is 1. The monoisotopic (exact) mass is 413 g/mol. The summed E-state index contributed by atoms with van der Waals surface area (Å²) in [5.41, 5.74) is 0.440. The lowest BCUT2D eigenvalue weighted by Crippen LogP contribution is -2.54. The van der Waals surface area contributed by atoms with E-state index < -0.39 is 10.0 Å². The van der Waals surface area contributed by atoms with E-state index in [1.165, 1.54) is 29.8 Å². The minimum Gasteiger partial charge on any atom is -0.364 e. The predicted molar refractivity (Wildman–Crippen MR) is 112 cm³/mol. The number of sulfonamides is 1. The van der Waals surface area contributed by atoms with Crippen molar-refractivity contribution in [1.29, 1.82) is 0 Å². The van der Waals surface area contributed by atoms with Gasteiger partial charge in [0.1, 0.15) is 12.0 Å². The average Bonchev–Trinajstić information content (AvgIpc) is 3.19. The Morgan fingerprint density at radius 2 is 2.04 bits per heavy atom. The Balaban J connectivity index is 1.93. The van der Waals surface area contributed by atoms with E-state index in [0.29, 0.717) is 37.8 Å². The van der Waals surface area contributed by atoms with Crippen LogP contribution in [0.4, 0.5) is 0 Å². The first kappa shape index (κ1) is 22.7. The summed E-state index contributed by atoms with van der Waals surface area (Å²) in [6.07, 6.45) is 6.20. The molecular formula is C19H35N5O3S. The van der Waals surface area contributed by atoms with Crippen molar-refractivity contribution in [3.8, 4) is 0 Å². The minimum absolute atomic E-state index is 0.118. The van der Waals surface area contributed by atoms with Gasteiger partial charge in [-0.15, -0.1) is 0 Å². The van der Waals surface area contributed by atoms with Gasteiger partial charge in [0.15, 0.2) is 5.96 Å². The van der Waals surface area contributed by atoms with Crippen LogP contribution in [0.25, 0.3) is 0 Å². The van der Waals surface area contributed by atoms with Crippen molar-refractivity contribution in [3.05, 3.63) is 18.0 Å². The third-order valence-corrected chi connectivity index (χ3v) is 6.94. The largest absolute Gasteiger partial charge is 0.364 e. The van der Waals surface area contributed by atoms with Crippen molar-refractivity contribution in [1.82, 2.24) is 19.7 Å². The second kappa shape index (κ2) is 11.4. The lowest BCUT2D eigenvalue weighted by atomic mass is 10.00. The summed E-state index contributed by atoms with van der Waals surface area (Å²) in [5, 5.41) is 7.08. The molecule has 0 bridgehead atoms. The molecule has 1 aliphatic heterocycles. The molecule has 1 fully saturated rings. The number of unbranched alkanes of at least 4 members (excludes halogenated alkanes) is 1. The first-order valence-corrected chi connectivity index (χ1v) is 12.0. The van der Waals surface area contributed by atoms with Gasteiger partial charge in [-0.3, -0.25) is 4.99 Å². The first-order valence-electron chi connectivity index (χ1n) is 10.4. The van der Waals surface area contributed by atoms with Gasteiger partial charge in [-0.25, -0.2) is 8.42 Å². The van der Waals surface area contributed by atoms with E-state index in [2.05, 4.69) is 36.1 Å². The number of guanidine groups is 1. The molecule has 9 heteroatoms. The maximum absolute atomic E-state index is 12.6. The molecule has 1 unspecified atom stereocenters. The van der Waals surface area contributed by atoms with Gasteiger partial charge in [0.25, 0.3) is 0 Å². The van der Waals surface area contributed by atoms with Gasteiger partial charge in [-0.1, -0.05) is 38.3 Å². The highest BCUT2D eigenvalue weighted by Crippen LogP contribution is 2.15. The summed E-state index contributed by atoms with van der Waals surface area (Å²) < 4.78 is 31.5. The van der Waals surface area contributed by atoms with Gasteiger partial charge in [-0.05, 0) is 19.3 Å². The lowest BCUT2D eigenvalue weighted by Gasteiger charge is -2.36. The Bertz CT molecular complexity index is 682. The van der Waals surface area contributed by atoms with Crippen LogP contribution >= 0.6 is 0 Å². The first-order chi connectivity index (χ1) is 13.5. The zero-order chi connectivity index (χ0) is 20.4. The molecule has 160 valence electrons. The molecule has 0 aliphatic carbocycles. The molecule has 0 spiro atoms. The molecule has 8 nitrogen and oxygen atoms in total. The lowest BCUT2D eigenvalue weighted by molar-refractivity contribution is 0.259. The smallest absolute Gasteiger partial charge is 0.220 e. The fourth-order valence-electron chi connectivity index (χ4n) is 3.33. The fraction of sp³-hybridized carbons (Fsp3) is 0.789. The van der Waals surface area contributed by atoms with Gasteiger partial charge in [0.2, 0.25) is 10.0 Å². The molecule has 1 aromatic heterocycles. The summed E-state index contributed by atoms with van der Waals surface area (Å²) in [7, 11) is -3.38. The summed E-state index contributed by atoms with van der Waals surface area (Å²) >= 11 is 0. The van der Waals surface area contributed by atoms with E-state index in [-0.39, 0.29) is 5.75 Å². The third-order valence-electron chi connectivity index (χ3n) is 5.13. The predicted octanol–water partition coefficient (Wildman–Crippen LogP) is 2.30. The van der Waals surface area contributed by atoms with Crippen LogP contribution in [-0.4, -0.2) is 68.0 Å².